The molecule has 0 aromatic carbocycles. The van der Waals surface area contributed by atoms with Crippen LogP contribution in [0.4, 0.5) is 0 Å². The summed E-state index contributed by atoms with van der Waals surface area (Å²) < 4.78 is 1.13. The molecular formula is C8H10N4O3. The predicted octanol–water partition coefficient (Wildman–Crippen LogP) is -0.461. The molecule has 2 heterocycles. The third kappa shape index (κ3) is 3.51. The smallest absolute Gasteiger partial charge is 0.264 e. The maximum Gasteiger partial charge on any atom is 0.264 e. The Morgan fingerprint density at radius 1 is 1.27 bits per heavy atom. The van der Waals surface area contributed by atoms with E-state index >= 15 is 0 Å². The summed E-state index contributed by atoms with van der Waals surface area (Å²) in [6.07, 6.45) is 2.94. The van der Waals surface area contributed by atoms with Crippen LogP contribution in [0.5, 0.6) is 0 Å². The van der Waals surface area contributed by atoms with E-state index in [9.17, 15) is 14.4 Å². The number of nitrogens with one attached hydrogen (secondary N) is 3. The lowest BCUT2D eigenvalue weighted by Crippen LogP contribution is -2.10. The van der Waals surface area contributed by atoms with Gasteiger partial charge in [-0.3, -0.25) is 24.6 Å². The maximum atomic E-state index is 10.5. The fraction of sp³-hybridized carbons (Fsp3) is 0.125. The number of aromatic amines is 3. The average molecular weight is 210 g/mol. The number of rotatable bonds is 0. The van der Waals surface area contributed by atoms with Crippen molar-refractivity contribution >= 4 is 5.91 Å². The summed E-state index contributed by atoms with van der Waals surface area (Å²) in [6.45, 7) is 1.37. The molecule has 3 N–H and O–H groups in total. The fourth-order valence-corrected chi connectivity index (χ4v) is 0.791. The monoisotopic (exact) mass is 210 g/mol. The highest BCUT2D eigenvalue weighted by atomic mass is 16.2. The second-order valence-electron chi connectivity index (χ2n) is 2.65. The third-order valence-electron chi connectivity index (χ3n) is 1.46. The van der Waals surface area contributed by atoms with Gasteiger partial charge in [-0.05, 0) is 0 Å². The molecule has 0 spiro atoms. The quantitative estimate of drug-likeness (QED) is 0.548. The van der Waals surface area contributed by atoms with Crippen LogP contribution in [0.3, 0.4) is 0 Å². The van der Waals surface area contributed by atoms with Gasteiger partial charge in [0.25, 0.3) is 11.1 Å². The zero-order chi connectivity index (χ0) is 11.3. The second kappa shape index (κ2) is 4.80. The molecule has 0 aliphatic rings. The van der Waals surface area contributed by atoms with E-state index in [0.29, 0.717) is 0 Å². The van der Waals surface area contributed by atoms with E-state index < -0.39 is 0 Å². The standard InChI is InChI=1S/C5H6N2O2.C3H4N2O/c1-4(8)7-3-2-5(9)6-7;6-3-1-2-4-5-3/h2-3H,1H3,(H,6,9);1-2H,(H2,4,5,6). The molecule has 7 nitrogen and oxygen atoms in total. The molecule has 0 aliphatic heterocycles. The van der Waals surface area contributed by atoms with Gasteiger partial charge in [0.15, 0.2) is 0 Å². The Bertz CT molecular complexity index is 513. The molecule has 80 valence electrons. The first-order valence-electron chi connectivity index (χ1n) is 4.10. The summed E-state index contributed by atoms with van der Waals surface area (Å²) in [7, 11) is 0. The topological polar surface area (TPSA) is 104 Å². The van der Waals surface area contributed by atoms with Crippen LogP contribution in [0.1, 0.15) is 11.7 Å². The van der Waals surface area contributed by atoms with Gasteiger partial charge in [0.2, 0.25) is 5.91 Å². The molecule has 0 radical (unpaired) electrons. The van der Waals surface area contributed by atoms with Crippen molar-refractivity contribution in [1.82, 2.24) is 20.0 Å². The van der Waals surface area contributed by atoms with Gasteiger partial charge in [-0.2, -0.15) is 0 Å². The summed E-state index contributed by atoms with van der Waals surface area (Å²) in [5.41, 5.74) is -0.347. The molecule has 0 bridgehead atoms. The van der Waals surface area contributed by atoms with Crippen LogP contribution in [0, 0.1) is 0 Å². The van der Waals surface area contributed by atoms with Crippen molar-refractivity contribution in [1.29, 1.82) is 0 Å². The van der Waals surface area contributed by atoms with Gasteiger partial charge in [-0.1, -0.05) is 0 Å². The van der Waals surface area contributed by atoms with Gasteiger partial charge in [0.05, 0.1) is 0 Å². The Hall–Kier alpha value is -2.31. The number of nitrogens with zero attached hydrogens (tertiary/aromatic N) is 1. The molecule has 0 fully saturated rings. The number of H-pyrrole nitrogens is 3. The third-order valence-corrected chi connectivity index (χ3v) is 1.46. The van der Waals surface area contributed by atoms with Gasteiger partial charge < -0.3 is 5.10 Å². The Kier molecular flexibility index (Phi) is 3.44. The Balaban J connectivity index is 0.000000162. The van der Waals surface area contributed by atoms with Gasteiger partial charge in [-0.15, -0.1) is 0 Å². The minimum absolute atomic E-state index is 0.0880. The highest BCUT2D eigenvalue weighted by Crippen LogP contribution is 1.76. The number of hydrogen-bond donors (Lipinski definition) is 3. The van der Waals surface area contributed by atoms with Crippen molar-refractivity contribution in [3.63, 3.8) is 0 Å². The number of aromatic nitrogens is 4. The van der Waals surface area contributed by atoms with E-state index in [0.717, 1.165) is 4.68 Å². The molecule has 2 rings (SSSR count). The lowest BCUT2D eigenvalue weighted by molar-refractivity contribution is 0.0920. The summed E-state index contributed by atoms with van der Waals surface area (Å²) in [5, 5.41) is 7.10. The summed E-state index contributed by atoms with van der Waals surface area (Å²) in [4.78, 5) is 30.8. The highest BCUT2D eigenvalue weighted by Gasteiger charge is 1.93. The Morgan fingerprint density at radius 3 is 2.20 bits per heavy atom. The predicted molar refractivity (Wildman–Crippen MR) is 52.8 cm³/mol. The molecule has 0 amide bonds. The van der Waals surface area contributed by atoms with E-state index in [2.05, 4.69) is 15.3 Å². The first kappa shape index (κ1) is 10.8. The van der Waals surface area contributed by atoms with Gasteiger partial charge >= 0.3 is 0 Å². The molecule has 0 saturated heterocycles. The van der Waals surface area contributed by atoms with Gasteiger partial charge in [0, 0.05) is 31.5 Å². The number of carbonyl (C=O) groups is 1. The van der Waals surface area contributed by atoms with E-state index in [1.165, 1.54) is 25.3 Å². The van der Waals surface area contributed by atoms with Crippen molar-refractivity contribution < 1.29 is 4.79 Å². The minimum Gasteiger partial charge on any atom is -0.305 e. The first-order chi connectivity index (χ1) is 7.09. The van der Waals surface area contributed by atoms with Crippen LogP contribution < -0.4 is 11.1 Å². The van der Waals surface area contributed by atoms with Crippen molar-refractivity contribution in [2.24, 2.45) is 0 Å². The van der Waals surface area contributed by atoms with E-state index in [-0.39, 0.29) is 17.0 Å². The van der Waals surface area contributed by atoms with E-state index in [1.807, 2.05) is 0 Å². The fourth-order valence-electron chi connectivity index (χ4n) is 0.791. The van der Waals surface area contributed by atoms with E-state index in [4.69, 9.17) is 0 Å². The molecule has 2 aromatic heterocycles. The highest BCUT2D eigenvalue weighted by molar-refractivity contribution is 5.74. The van der Waals surface area contributed by atoms with E-state index in [1.54, 1.807) is 6.20 Å². The largest absolute Gasteiger partial charge is 0.305 e. The zero-order valence-electron chi connectivity index (χ0n) is 7.98. The molecule has 0 aliphatic carbocycles. The SMILES string of the molecule is CC(=O)n1ccc(=O)[nH]1.O=c1cc[nH][nH]1. The van der Waals surface area contributed by atoms with Crippen molar-refractivity contribution in [2.75, 3.05) is 0 Å². The van der Waals surface area contributed by atoms with Crippen molar-refractivity contribution in [3.05, 3.63) is 45.2 Å². The second-order valence-corrected chi connectivity index (χ2v) is 2.65. The number of hydrogen-bond acceptors (Lipinski definition) is 3. The Morgan fingerprint density at radius 2 is 2.00 bits per heavy atom. The number of carbonyl (C=O) groups excluding carboxylic acids is 1. The maximum absolute atomic E-state index is 10.5. The van der Waals surface area contributed by atoms with Crippen LogP contribution in [0.15, 0.2) is 34.1 Å². The van der Waals surface area contributed by atoms with Crippen molar-refractivity contribution in [3.8, 4) is 0 Å². The Labute approximate surface area is 83.7 Å². The molecular weight excluding hydrogens is 200 g/mol. The van der Waals surface area contributed by atoms with Crippen LogP contribution in [-0.2, 0) is 0 Å². The van der Waals surface area contributed by atoms with Crippen LogP contribution in [-0.4, -0.2) is 25.9 Å². The summed E-state index contributed by atoms with van der Waals surface area (Å²) in [5.74, 6) is -0.197. The van der Waals surface area contributed by atoms with Crippen LogP contribution in [0.2, 0.25) is 0 Å². The summed E-state index contributed by atoms with van der Waals surface area (Å²) in [6, 6.07) is 2.71. The minimum atomic E-state index is -0.259. The molecule has 2 aromatic rings. The van der Waals surface area contributed by atoms with Gasteiger partial charge in [0.1, 0.15) is 0 Å². The lowest BCUT2D eigenvalue weighted by atomic mass is 10.7. The molecule has 7 heteroatoms. The van der Waals surface area contributed by atoms with Crippen molar-refractivity contribution in [2.45, 2.75) is 6.92 Å². The first-order valence-corrected chi connectivity index (χ1v) is 4.10. The van der Waals surface area contributed by atoms with Crippen LogP contribution >= 0.6 is 0 Å². The molecule has 0 unspecified atom stereocenters. The average Bonchev–Trinajstić information content (AvgIpc) is 2.77. The molecule has 0 atom stereocenters. The summed E-state index contributed by atoms with van der Waals surface area (Å²) >= 11 is 0. The normalized spacial score (nSPS) is 9.13. The zero-order valence-corrected chi connectivity index (χ0v) is 7.98. The van der Waals surface area contributed by atoms with Gasteiger partial charge in [-0.25, -0.2) is 4.68 Å². The van der Waals surface area contributed by atoms with Crippen LogP contribution in [0.25, 0.3) is 0 Å². The lowest BCUT2D eigenvalue weighted by Gasteiger charge is -1.89. The molecule has 0 saturated carbocycles. The molecule has 15 heavy (non-hydrogen) atoms.